The number of aliphatic carboxylic acids is 1. The van der Waals surface area contributed by atoms with Crippen LogP contribution < -0.4 is 5.32 Å². The first-order chi connectivity index (χ1) is 13.9. The molecule has 0 fully saturated rings. The number of carbonyl (C=O) groups excluding carboxylic acids is 2. The van der Waals surface area contributed by atoms with E-state index in [1.165, 1.54) is 0 Å². The minimum Gasteiger partial charge on any atom is -0.481 e. The smallest absolute Gasteiger partial charge is 0.305 e. The average molecular weight is 417 g/mol. The molecule has 0 aliphatic heterocycles. The third kappa shape index (κ3) is 7.21. The fourth-order valence-electron chi connectivity index (χ4n) is 3.33. The second-order valence-electron chi connectivity index (χ2n) is 9.36. The van der Waals surface area contributed by atoms with E-state index in [1.807, 2.05) is 58.9 Å². The van der Waals surface area contributed by atoms with Gasteiger partial charge in [-0.3, -0.25) is 14.4 Å². The second kappa shape index (κ2) is 9.78. The quantitative estimate of drug-likeness (QED) is 0.647. The normalized spacial score (nSPS) is 12.7. The average Bonchev–Trinajstić information content (AvgIpc) is 3.05. The standard InChI is InChI=1S/C23H32N2O5/c1-15(2)13-25(14-16-6-7-19-17(10-16)8-9-30-19)22(29)18(11-21(27)28)24-20(26)12-23(3,4)5/h6-10,15,18H,11-14H2,1-5H3,(H,24,26)(H,27,28)/t18-/m0/s1. The number of furan rings is 1. The maximum Gasteiger partial charge on any atom is 0.305 e. The van der Waals surface area contributed by atoms with Crippen molar-refractivity contribution >= 4 is 28.8 Å². The highest BCUT2D eigenvalue weighted by molar-refractivity contribution is 5.91. The largest absolute Gasteiger partial charge is 0.481 e. The molecule has 2 rings (SSSR count). The lowest BCUT2D eigenvalue weighted by molar-refractivity contribution is -0.144. The number of benzene rings is 1. The topological polar surface area (TPSA) is 99.8 Å². The summed E-state index contributed by atoms with van der Waals surface area (Å²) in [6.45, 7) is 10.5. The highest BCUT2D eigenvalue weighted by Gasteiger charge is 2.30. The Hall–Kier alpha value is -2.83. The number of nitrogens with one attached hydrogen (secondary N) is 1. The van der Waals surface area contributed by atoms with E-state index in [9.17, 15) is 19.5 Å². The van der Waals surface area contributed by atoms with Gasteiger partial charge >= 0.3 is 5.97 Å². The van der Waals surface area contributed by atoms with Crippen LogP contribution in [0.3, 0.4) is 0 Å². The predicted octanol–water partition coefficient (Wildman–Crippen LogP) is 3.81. The molecule has 0 saturated carbocycles. The van der Waals surface area contributed by atoms with Gasteiger partial charge in [0.25, 0.3) is 0 Å². The molecule has 0 saturated heterocycles. The molecule has 0 radical (unpaired) electrons. The molecule has 2 N–H and O–H groups in total. The van der Waals surface area contributed by atoms with Crippen LogP contribution in [0.15, 0.2) is 34.9 Å². The molecule has 1 aromatic heterocycles. The van der Waals surface area contributed by atoms with Crippen LogP contribution >= 0.6 is 0 Å². The molecule has 1 aromatic carbocycles. The van der Waals surface area contributed by atoms with Crippen molar-refractivity contribution < 1.29 is 23.9 Å². The van der Waals surface area contributed by atoms with Crippen LogP contribution in [-0.2, 0) is 20.9 Å². The minimum absolute atomic E-state index is 0.183. The van der Waals surface area contributed by atoms with Crippen molar-refractivity contribution in [3.05, 3.63) is 36.1 Å². The van der Waals surface area contributed by atoms with Crippen molar-refractivity contribution in [2.75, 3.05) is 6.54 Å². The molecule has 2 amide bonds. The molecular formula is C23H32N2O5. The second-order valence-corrected chi connectivity index (χ2v) is 9.36. The fourth-order valence-corrected chi connectivity index (χ4v) is 3.33. The van der Waals surface area contributed by atoms with Crippen molar-refractivity contribution in [3.8, 4) is 0 Å². The first-order valence-electron chi connectivity index (χ1n) is 10.2. The highest BCUT2D eigenvalue weighted by Crippen LogP contribution is 2.20. The number of fused-ring (bicyclic) bond motifs is 1. The zero-order chi connectivity index (χ0) is 22.5. The summed E-state index contributed by atoms with van der Waals surface area (Å²) in [5.74, 6) is -1.66. The molecule has 7 nitrogen and oxygen atoms in total. The van der Waals surface area contributed by atoms with Gasteiger partial charge in [0, 0.05) is 24.9 Å². The van der Waals surface area contributed by atoms with Crippen molar-refractivity contribution in [2.45, 2.75) is 60.0 Å². The van der Waals surface area contributed by atoms with Crippen LogP contribution in [0.5, 0.6) is 0 Å². The maximum atomic E-state index is 13.3. The van der Waals surface area contributed by atoms with Gasteiger partial charge in [-0.1, -0.05) is 40.7 Å². The molecule has 0 aliphatic rings. The third-order valence-electron chi connectivity index (χ3n) is 4.49. The van der Waals surface area contributed by atoms with Crippen LogP contribution in [-0.4, -0.2) is 40.4 Å². The van der Waals surface area contributed by atoms with E-state index in [-0.39, 0.29) is 29.6 Å². The Kier molecular flexibility index (Phi) is 7.65. The number of carbonyl (C=O) groups is 3. The number of amides is 2. The number of rotatable bonds is 9. The summed E-state index contributed by atoms with van der Waals surface area (Å²) >= 11 is 0. The van der Waals surface area contributed by atoms with Crippen molar-refractivity contribution in [1.82, 2.24) is 10.2 Å². The number of nitrogens with zero attached hydrogens (tertiary/aromatic N) is 1. The van der Waals surface area contributed by atoms with E-state index in [0.29, 0.717) is 13.1 Å². The molecular weight excluding hydrogens is 384 g/mol. The Morgan fingerprint density at radius 1 is 1.17 bits per heavy atom. The predicted molar refractivity (Wildman–Crippen MR) is 115 cm³/mol. The van der Waals surface area contributed by atoms with Gasteiger partial charge in [0.2, 0.25) is 11.8 Å². The first kappa shape index (κ1) is 23.4. The summed E-state index contributed by atoms with van der Waals surface area (Å²) in [5, 5.41) is 12.9. The van der Waals surface area contributed by atoms with E-state index in [0.717, 1.165) is 16.5 Å². The van der Waals surface area contributed by atoms with Crippen molar-refractivity contribution in [1.29, 1.82) is 0 Å². The maximum absolute atomic E-state index is 13.3. The van der Waals surface area contributed by atoms with E-state index in [1.54, 1.807) is 11.2 Å². The van der Waals surface area contributed by atoms with Crippen molar-refractivity contribution in [2.24, 2.45) is 11.3 Å². The Morgan fingerprint density at radius 3 is 2.47 bits per heavy atom. The molecule has 0 spiro atoms. The van der Waals surface area contributed by atoms with E-state index in [4.69, 9.17) is 4.42 Å². The van der Waals surface area contributed by atoms with Crippen LogP contribution in [0.25, 0.3) is 11.0 Å². The summed E-state index contributed by atoms with van der Waals surface area (Å²) in [6, 6.07) is 6.44. The van der Waals surface area contributed by atoms with Gasteiger partial charge in [-0.05, 0) is 35.1 Å². The van der Waals surface area contributed by atoms with Crippen molar-refractivity contribution in [3.63, 3.8) is 0 Å². The lowest BCUT2D eigenvalue weighted by Crippen LogP contribution is -2.50. The monoisotopic (exact) mass is 416 g/mol. The van der Waals surface area contributed by atoms with Gasteiger partial charge in [-0.25, -0.2) is 0 Å². The molecule has 1 atom stereocenters. The Morgan fingerprint density at radius 2 is 1.87 bits per heavy atom. The van der Waals surface area contributed by atoms with Crippen LogP contribution in [0.4, 0.5) is 0 Å². The zero-order valence-corrected chi connectivity index (χ0v) is 18.4. The molecule has 30 heavy (non-hydrogen) atoms. The summed E-state index contributed by atoms with van der Waals surface area (Å²) < 4.78 is 5.36. The van der Waals surface area contributed by atoms with Gasteiger partial charge in [0.1, 0.15) is 11.6 Å². The number of hydrogen-bond acceptors (Lipinski definition) is 4. The third-order valence-corrected chi connectivity index (χ3v) is 4.49. The zero-order valence-electron chi connectivity index (χ0n) is 18.4. The molecule has 2 aromatic rings. The Bertz CT molecular complexity index is 894. The minimum atomic E-state index is -1.13. The number of carboxylic acids is 1. The molecule has 1 heterocycles. The summed E-state index contributed by atoms with van der Waals surface area (Å²) in [5.41, 5.74) is 1.41. The lowest BCUT2D eigenvalue weighted by Gasteiger charge is -2.29. The van der Waals surface area contributed by atoms with Gasteiger partial charge < -0.3 is 19.7 Å². The fraction of sp³-hybridized carbons (Fsp3) is 0.522. The van der Waals surface area contributed by atoms with Crippen LogP contribution in [0, 0.1) is 11.3 Å². The number of carboxylic acid groups (broad SMARTS) is 1. The Balaban J connectivity index is 2.22. The highest BCUT2D eigenvalue weighted by atomic mass is 16.4. The van der Waals surface area contributed by atoms with Gasteiger partial charge in [0.15, 0.2) is 0 Å². The summed E-state index contributed by atoms with van der Waals surface area (Å²) in [7, 11) is 0. The lowest BCUT2D eigenvalue weighted by atomic mass is 9.91. The molecule has 0 bridgehead atoms. The molecule has 7 heteroatoms. The van der Waals surface area contributed by atoms with Gasteiger partial charge in [-0.15, -0.1) is 0 Å². The van der Waals surface area contributed by atoms with Crippen LogP contribution in [0.2, 0.25) is 0 Å². The van der Waals surface area contributed by atoms with E-state index < -0.39 is 18.4 Å². The molecule has 164 valence electrons. The van der Waals surface area contributed by atoms with Gasteiger partial charge in [-0.2, -0.15) is 0 Å². The first-order valence-corrected chi connectivity index (χ1v) is 10.2. The van der Waals surface area contributed by atoms with E-state index in [2.05, 4.69) is 5.32 Å². The van der Waals surface area contributed by atoms with Crippen LogP contribution in [0.1, 0.15) is 53.0 Å². The Labute approximate surface area is 177 Å². The van der Waals surface area contributed by atoms with Gasteiger partial charge in [0.05, 0.1) is 12.7 Å². The van der Waals surface area contributed by atoms with E-state index >= 15 is 0 Å². The molecule has 0 aliphatic carbocycles. The summed E-state index contributed by atoms with van der Waals surface area (Å²) in [6.07, 6.45) is 1.36. The summed E-state index contributed by atoms with van der Waals surface area (Å²) in [4.78, 5) is 38.6. The SMILES string of the molecule is CC(C)CN(Cc1ccc2occc2c1)C(=O)[C@H](CC(=O)O)NC(=O)CC(C)(C)C. The molecule has 0 unspecified atom stereocenters. The number of hydrogen-bond donors (Lipinski definition) is 2.